The molecule has 0 radical (unpaired) electrons. The van der Waals surface area contributed by atoms with Gasteiger partial charge in [0.15, 0.2) is 5.75 Å². The number of ether oxygens (including phenoxy) is 1. The summed E-state index contributed by atoms with van der Waals surface area (Å²) in [5, 5.41) is 6.72. The molecule has 4 aromatic rings. The van der Waals surface area contributed by atoms with Crippen LogP contribution in [0.2, 0.25) is 0 Å². The third-order valence-electron chi connectivity index (χ3n) is 5.82. The predicted octanol–water partition coefficient (Wildman–Crippen LogP) is 5.09. The van der Waals surface area contributed by atoms with E-state index in [0.29, 0.717) is 30.2 Å². The molecule has 0 unspecified atom stereocenters. The zero-order chi connectivity index (χ0) is 27.2. The van der Waals surface area contributed by atoms with Crippen molar-refractivity contribution in [3.05, 3.63) is 67.5 Å². The van der Waals surface area contributed by atoms with Gasteiger partial charge in [-0.05, 0) is 38.4 Å². The van der Waals surface area contributed by atoms with Gasteiger partial charge in [0.1, 0.15) is 0 Å². The monoisotopic (exact) mass is 521 g/mol. The molecule has 0 saturated carbocycles. The Morgan fingerprint density at radius 2 is 1.95 bits per heavy atom. The number of aromatic amines is 1. The first-order chi connectivity index (χ1) is 18.2. The zero-order valence-electron chi connectivity index (χ0n) is 21.3. The molecule has 0 aliphatic rings. The molecule has 2 heterocycles. The van der Waals surface area contributed by atoms with Crippen molar-refractivity contribution in [3.8, 4) is 17.0 Å². The fourth-order valence-electron chi connectivity index (χ4n) is 3.90. The number of alkyl halides is 2. The van der Waals surface area contributed by atoms with Crippen LogP contribution in [0.3, 0.4) is 0 Å². The van der Waals surface area contributed by atoms with Gasteiger partial charge in [-0.3, -0.25) is 4.79 Å². The van der Waals surface area contributed by atoms with Crippen LogP contribution in [0, 0.1) is 0 Å². The molecule has 0 bridgehead atoms. The lowest BCUT2D eigenvalue weighted by Crippen LogP contribution is -2.29. The maximum atomic E-state index is 13.4. The number of halogens is 2. The summed E-state index contributed by atoms with van der Waals surface area (Å²) < 4.78 is 31.7. The van der Waals surface area contributed by atoms with Crippen LogP contribution in [0.1, 0.15) is 0 Å². The molecule has 0 atom stereocenters. The number of nitrogens with one attached hydrogen (secondary N) is 3. The maximum Gasteiger partial charge on any atom is 0.387 e. The number of anilines is 4. The summed E-state index contributed by atoms with van der Waals surface area (Å²) in [6, 6.07) is 12.5. The second-order valence-electron chi connectivity index (χ2n) is 8.80. The Hall–Kier alpha value is -4.51. The van der Waals surface area contributed by atoms with Gasteiger partial charge in [-0.25, -0.2) is 9.97 Å². The van der Waals surface area contributed by atoms with E-state index in [1.807, 2.05) is 54.4 Å². The van der Waals surface area contributed by atoms with Gasteiger partial charge in [0.2, 0.25) is 11.9 Å². The molecule has 0 fully saturated rings. The summed E-state index contributed by atoms with van der Waals surface area (Å²) in [6.45, 7) is 1.70. The van der Waals surface area contributed by atoms with E-state index in [2.05, 4.69) is 32.2 Å². The van der Waals surface area contributed by atoms with E-state index in [0.717, 1.165) is 22.5 Å². The van der Waals surface area contributed by atoms with Crippen molar-refractivity contribution in [3.63, 3.8) is 0 Å². The van der Waals surface area contributed by atoms with Crippen LogP contribution >= 0.6 is 0 Å². The van der Waals surface area contributed by atoms with Crippen molar-refractivity contribution in [2.75, 3.05) is 49.8 Å². The molecular weight excluding hydrogens is 492 g/mol. The van der Waals surface area contributed by atoms with E-state index < -0.39 is 12.5 Å². The molecule has 0 saturated heterocycles. The number of nitrogens with zero attached hydrogens (tertiary/aromatic N) is 4. The van der Waals surface area contributed by atoms with Gasteiger partial charge in [0.05, 0.1) is 22.8 Å². The zero-order valence-corrected chi connectivity index (χ0v) is 21.3. The molecule has 1 amide bonds. The van der Waals surface area contributed by atoms with Crippen LogP contribution in [0.15, 0.2) is 67.5 Å². The minimum atomic E-state index is -3.07. The molecule has 9 nitrogen and oxygen atoms in total. The molecule has 0 aliphatic carbocycles. The first kappa shape index (κ1) is 26.6. The highest BCUT2D eigenvalue weighted by Gasteiger charge is 2.19. The van der Waals surface area contributed by atoms with Crippen molar-refractivity contribution in [2.24, 2.45) is 0 Å². The quantitative estimate of drug-likeness (QED) is 0.237. The molecule has 2 aromatic carbocycles. The van der Waals surface area contributed by atoms with E-state index >= 15 is 0 Å². The maximum absolute atomic E-state index is 13.4. The van der Waals surface area contributed by atoms with E-state index in [1.54, 1.807) is 19.3 Å². The number of aromatic nitrogens is 3. The summed E-state index contributed by atoms with van der Waals surface area (Å²) in [4.78, 5) is 28.1. The Bertz CT molecular complexity index is 1440. The number of fused-ring (bicyclic) bond motifs is 1. The lowest BCUT2D eigenvalue weighted by atomic mass is 10.1. The van der Waals surface area contributed by atoms with Crippen LogP contribution in [0.5, 0.6) is 5.75 Å². The van der Waals surface area contributed by atoms with Gasteiger partial charge >= 0.3 is 6.61 Å². The van der Waals surface area contributed by atoms with Crippen molar-refractivity contribution in [2.45, 2.75) is 6.61 Å². The van der Waals surface area contributed by atoms with Crippen LogP contribution in [0.25, 0.3) is 22.2 Å². The molecule has 0 aliphatic heterocycles. The fourth-order valence-corrected chi connectivity index (χ4v) is 3.90. The summed E-state index contributed by atoms with van der Waals surface area (Å²) in [5.41, 5.74) is 3.50. The molecule has 11 heteroatoms. The van der Waals surface area contributed by atoms with Crippen LogP contribution in [-0.4, -0.2) is 66.6 Å². The Balaban J connectivity index is 1.73. The molecule has 38 heavy (non-hydrogen) atoms. The van der Waals surface area contributed by atoms with Crippen molar-refractivity contribution in [1.82, 2.24) is 19.9 Å². The van der Waals surface area contributed by atoms with E-state index in [-0.39, 0.29) is 17.4 Å². The van der Waals surface area contributed by atoms with Crippen LogP contribution in [-0.2, 0) is 4.79 Å². The van der Waals surface area contributed by atoms with Gasteiger partial charge in [-0.1, -0.05) is 24.8 Å². The van der Waals surface area contributed by atoms with E-state index in [1.165, 1.54) is 12.1 Å². The van der Waals surface area contributed by atoms with Gasteiger partial charge in [-0.2, -0.15) is 8.78 Å². The first-order valence-electron chi connectivity index (χ1n) is 11.8. The fraction of sp³-hybridized carbons (Fsp3) is 0.222. The third-order valence-corrected chi connectivity index (χ3v) is 5.82. The number of para-hydroxylation sites is 1. The average Bonchev–Trinajstić information content (AvgIpc) is 3.32. The summed E-state index contributed by atoms with van der Waals surface area (Å²) >= 11 is 0. The van der Waals surface area contributed by atoms with Gasteiger partial charge in [0, 0.05) is 55.1 Å². The molecule has 3 N–H and O–H groups in total. The number of amides is 1. The Kier molecular flexibility index (Phi) is 8.17. The SMILES string of the molecule is C=CC(=O)Nc1cc(Nc2nccc(-c3c[nH]c4ccccc34)n2)c(OC(F)F)cc1N(C)CCN(C)C. The highest BCUT2D eigenvalue weighted by atomic mass is 19.3. The van der Waals surface area contributed by atoms with Gasteiger partial charge < -0.3 is 30.2 Å². The highest BCUT2D eigenvalue weighted by molar-refractivity contribution is 6.02. The Labute approximate surface area is 219 Å². The van der Waals surface area contributed by atoms with Crippen molar-refractivity contribution in [1.29, 1.82) is 0 Å². The topological polar surface area (TPSA) is 98.4 Å². The third kappa shape index (κ3) is 6.24. The predicted molar refractivity (Wildman–Crippen MR) is 146 cm³/mol. The Morgan fingerprint density at radius 3 is 2.68 bits per heavy atom. The number of rotatable bonds is 11. The van der Waals surface area contributed by atoms with Gasteiger partial charge in [0.25, 0.3) is 0 Å². The minimum Gasteiger partial charge on any atom is -0.433 e. The molecule has 4 rings (SSSR count). The number of likely N-dealkylation sites (N-methyl/N-ethyl adjacent to an activating group) is 2. The molecular formula is C27H29F2N7O2. The second-order valence-corrected chi connectivity index (χ2v) is 8.80. The lowest BCUT2D eigenvalue weighted by molar-refractivity contribution is -0.111. The average molecular weight is 522 g/mol. The normalized spacial score (nSPS) is 11.1. The number of H-pyrrole nitrogens is 1. The molecule has 0 spiro atoms. The van der Waals surface area contributed by atoms with Crippen molar-refractivity contribution < 1.29 is 18.3 Å². The highest BCUT2D eigenvalue weighted by Crippen LogP contribution is 2.39. The Morgan fingerprint density at radius 1 is 1.16 bits per heavy atom. The summed E-state index contributed by atoms with van der Waals surface area (Å²) in [5.74, 6) is -0.399. The summed E-state index contributed by atoms with van der Waals surface area (Å²) in [6.07, 6.45) is 4.56. The largest absolute Gasteiger partial charge is 0.433 e. The molecule has 2 aromatic heterocycles. The number of carbonyl (C=O) groups is 1. The smallest absolute Gasteiger partial charge is 0.387 e. The van der Waals surface area contributed by atoms with Crippen LogP contribution in [0.4, 0.5) is 31.8 Å². The summed E-state index contributed by atoms with van der Waals surface area (Å²) in [7, 11) is 5.66. The molecule has 198 valence electrons. The van der Waals surface area contributed by atoms with E-state index in [4.69, 9.17) is 4.74 Å². The number of hydrogen-bond acceptors (Lipinski definition) is 7. The van der Waals surface area contributed by atoms with E-state index in [9.17, 15) is 13.6 Å². The second kappa shape index (κ2) is 11.7. The first-order valence-corrected chi connectivity index (χ1v) is 11.8. The van der Waals surface area contributed by atoms with Crippen LogP contribution < -0.4 is 20.3 Å². The standard InChI is InChI=1S/C27H29F2N7O2/c1-5-25(37)32-21-14-22(24(38-26(28)29)15-23(21)36(4)13-12-35(2)3)34-27-30-11-10-20(33-27)18-16-31-19-9-7-6-8-17(18)19/h5-11,14-16,26,31H,1,12-13H2,2-4H3,(H,32,37)(H,30,33,34). The minimum absolute atomic E-state index is 0.121. The van der Waals surface area contributed by atoms with Crippen molar-refractivity contribution >= 4 is 39.8 Å². The number of hydrogen-bond donors (Lipinski definition) is 3. The van der Waals surface area contributed by atoms with Gasteiger partial charge in [-0.15, -0.1) is 0 Å². The lowest BCUT2D eigenvalue weighted by Gasteiger charge is -2.26. The number of benzene rings is 2. The number of carbonyl (C=O) groups excluding carboxylic acids is 1.